The van der Waals surface area contributed by atoms with Crippen LogP contribution in [0.4, 0.5) is 0 Å². The summed E-state index contributed by atoms with van der Waals surface area (Å²) < 4.78 is 0. The number of nitrogens with one attached hydrogen (secondary N) is 1. The summed E-state index contributed by atoms with van der Waals surface area (Å²) in [5.41, 5.74) is 0. The molecule has 0 aromatic heterocycles. The summed E-state index contributed by atoms with van der Waals surface area (Å²) in [6, 6.07) is 1.81. The van der Waals surface area contributed by atoms with E-state index in [4.69, 9.17) is 0 Å². The first-order valence-corrected chi connectivity index (χ1v) is 5.68. The molecule has 2 unspecified atom stereocenters. The van der Waals surface area contributed by atoms with Crippen LogP contribution in [0, 0.1) is 11.8 Å². The zero-order chi connectivity index (χ0) is 7.97. The molecule has 0 amide bonds. The molecular formula is C11H19N. The van der Waals surface area contributed by atoms with Gasteiger partial charge in [-0.3, -0.25) is 0 Å². The van der Waals surface area contributed by atoms with E-state index in [1.54, 1.807) is 6.42 Å². The van der Waals surface area contributed by atoms with Crippen molar-refractivity contribution >= 4 is 0 Å². The third-order valence-corrected chi connectivity index (χ3v) is 4.07. The molecule has 0 heterocycles. The summed E-state index contributed by atoms with van der Waals surface area (Å²) >= 11 is 0. The van der Waals surface area contributed by atoms with Gasteiger partial charge in [-0.15, -0.1) is 0 Å². The van der Waals surface area contributed by atoms with Gasteiger partial charge in [-0.05, 0) is 43.9 Å². The van der Waals surface area contributed by atoms with E-state index in [0.29, 0.717) is 0 Å². The predicted octanol–water partition coefficient (Wildman–Crippen LogP) is 2.32. The van der Waals surface area contributed by atoms with Gasteiger partial charge >= 0.3 is 0 Å². The molecule has 3 aliphatic carbocycles. The Morgan fingerprint density at radius 2 is 1.42 bits per heavy atom. The summed E-state index contributed by atoms with van der Waals surface area (Å²) in [6.07, 6.45) is 10.4. The largest absolute Gasteiger partial charge is 0.311 e. The van der Waals surface area contributed by atoms with Gasteiger partial charge in [0.1, 0.15) is 0 Å². The van der Waals surface area contributed by atoms with Crippen molar-refractivity contribution in [2.75, 3.05) is 0 Å². The number of fused-ring (bicyclic) bond motifs is 1. The highest BCUT2D eigenvalue weighted by molar-refractivity contribution is 4.99. The molecule has 0 saturated heterocycles. The van der Waals surface area contributed by atoms with E-state index in [9.17, 15) is 0 Å². The fourth-order valence-electron chi connectivity index (χ4n) is 3.28. The maximum absolute atomic E-state index is 3.84. The van der Waals surface area contributed by atoms with E-state index in [2.05, 4.69) is 5.32 Å². The second kappa shape index (κ2) is 2.73. The van der Waals surface area contributed by atoms with Crippen molar-refractivity contribution in [1.29, 1.82) is 0 Å². The Morgan fingerprint density at radius 3 is 2.08 bits per heavy atom. The molecule has 0 bridgehead atoms. The van der Waals surface area contributed by atoms with E-state index < -0.39 is 0 Å². The van der Waals surface area contributed by atoms with Crippen molar-refractivity contribution in [3.8, 4) is 0 Å². The normalized spacial score (nSPS) is 46.5. The summed E-state index contributed by atoms with van der Waals surface area (Å²) in [5, 5.41) is 3.84. The summed E-state index contributed by atoms with van der Waals surface area (Å²) in [7, 11) is 0. The molecule has 3 saturated carbocycles. The molecule has 0 radical (unpaired) electrons. The minimum atomic E-state index is 0.896. The summed E-state index contributed by atoms with van der Waals surface area (Å²) in [4.78, 5) is 0. The fourth-order valence-corrected chi connectivity index (χ4v) is 3.28. The molecule has 0 spiro atoms. The van der Waals surface area contributed by atoms with E-state index in [1.165, 1.54) is 38.5 Å². The average molecular weight is 165 g/mol. The van der Waals surface area contributed by atoms with Crippen LogP contribution in [0.3, 0.4) is 0 Å². The molecule has 1 heteroatoms. The van der Waals surface area contributed by atoms with Crippen molar-refractivity contribution < 1.29 is 0 Å². The molecule has 2 atom stereocenters. The Labute approximate surface area is 74.9 Å². The molecule has 12 heavy (non-hydrogen) atoms. The Kier molecular flexibility index (Phi) is 1.68. The maximum Gasteiger partial charge on any atom is 0.00751 e. The third kappa shape index (κ3) is 1.28. The van der Waals surface area contributed by atoms with Gasteiger partial charge in [0, 0.05) is 12.1 Å². The molecule has 0 aliphatic heterocycles. The second-order valence-electron chi connectivity index (χ2n) is 5.07. The van der Waals surface area contributed by atoms with Crippen LogP contribution in [-0.4, -0.2) is 12.1 Å². The topological polar surface area (TPSA) is 12.0 Å². The first kappa shape index (κ1) is 7.37. The van der Waals surface area contributed by atoms with Crippen LogP contribution in [-0.2, 0) is 0 Å². The average Bonchev–Trinajstić information content (AvgIpc) is 2.55. The van der Waals surface area contributed by atoms with Crippen LogP contribution in [0.15, 0.2) is 0 Å². The Hall–Kier alpha value is -0.0400. The zero-order valence-electron chi connectivity index (χ0n) is 7.76. The smallest absolute Gasteiger partial charge is 0.00751 e. The summed E-state index contributed by atoms with van der Waals surface area (Å²) in [6.45, 7) is 0. The van der Waals surface area contributed by atoms with Gasteiger partial charge in [-0.2, -0.15) is 0 Å². The van der Waals surface area contributed by atoms with Gasteiger partial charge in [0.25, 0.3) is 0 Å². The van der Waals surface area contributed by atoms with E-state index in [-0.39, 0.29) is 0 Å². The molecule has 0 aromatic carbocycles. The number of hydrogen-bond acceptors (Lipinski definition) is 1. The highest BCUT2D eigenvalue weighted by Gasteiger charge is 2.45. The van der Waals surface area contributed by atoms with Crippen LogP contribution in [0.5, 0.6) is 0 Å². The Bertz CT molecular complexity index is 162. The van der Waals surface area contributed by atoms with Gasteiger partial charge in [-0.1, -0.05) is 12.8 Å². The highest BCUT2D eigenvalue weighted by atomic mass is 15.0. The lowest BCUT2D eigenvalue weighted by Gasteiger charge is -2.19. The lowest BCUT2D eigenvalue weighted by atomic mass is 10.1. The van der Waals surface area contributed by atoms with Crippen LogP contribution >= 0.6 is 0 Å². The molecule has 0 aromatic rings. The lowest BCUT2D eigenvalue weighted by molar-refractivity contribution is 0.410. The molecule has 3 rings (SSSR count). The van der Waals surface area contributed by atoms with E-state index >= 15 is 0 Å². The van der Waals surface area contributed by atoms with Crippen LogP contribution in [0.25, 0.3) is 0 Å². The molecule has 68 valence electrons. The van der Waals surface area contributed by atoms with Gasteiger partial charge in [0.15, 0.2) is 0 Å². The van der Waals surface area contributed by atoms with Crippen molar-refractivity contribution in [1.82, 2.24) is 5.32 Å². The molecule has 1 nitrogen and oxygen atoms in total. The SMILES string of the molecule is C1CCC(NC2CC3CC3C2)C1. The molecular weight excluding hydrogens is 146 g/mol. The van der Waals surface area contributed by atoms with Crippen molar-refractivity contribution in [2.24, 2.45) is 11.8 Å². The van der Waals surface area contributed by atoms with Crippen molar-refractivity contribution in [2.45, 2.75) is 57.0 Å². The standard InChI is InChI=1S/C11H19N/c1-2-4-10(3-1)12-11-6-8-5-9(8)7-11/h8-12H,1-7H2. The van der Waals surface area contributed by atoms with Crippen LogP contribution in [0.2, 0.25) is 0 Å². The third-order valence-electron chi connectivity index (χ3n) is 4.07. The van der Waals surface area contributed by atoms with E-state index in [1.807, 2.05) is 0 Å². The maximum atomic E-state index is 3.84. The van der Waals surface area contributed by atoms with Gasteiger partial charge in [0.05, 0.1) is 0 Å². The van der Waals surface area contributed by atoms with Crippen LogP contribution in [0.1, 0.15) is 44.9 Å². The quantitative estimate of drug-likeness (QED) is 0.662. The van der Waals surface area contributed by atoms with Gasteiger partial charge in [-0.25, -0.2) is 0 Å². The van der Waals surface area contributed by atoms with Gasteiger partial charge in [0.2, 0.25) is 0 Å². The summed E-state index contributed by atoms with van der Waals surface area (Å²) in [5.74, 6) is 2.29. The van der Waals surface area contributed by atoms with Gasteiger partial charge < -0.3 is 5.32 Å². The molecule has 3 aliphatic rings. The first-order valence-electron chi connectivity index (χ1n) is 5.68. The first-order chi connectivity index (χ1) is 5.92. The second-order valence-corrected chi connectivity index (χ2v) is 5.07. The predicted molar refractivity (Wildman–Crippen MR) is 50.0 cm³/mol. The minimum Gasteiger partial charge on any atom is -0.311 e. The minimum absolute atomic E-state index is 0.896. The van der Waals surface area contributed by atoms with Crippen molar-refractivity contribution in [3.05, 3.63) is 0 Å². The molecule has 1 N–H and O–H groups in total. The fraction of sp³-hybridized carbons (Fsp3) is 1.00. The molecule has 3 fully saturated rings. The van der Waals surface area contributed by atoms with E-state index in [0.717, 1.165) is 23.9 Å². The Balaban J connectivity index is 1.48. The lowest BCUT2D eigenvalue weighted by Crippen LogP contribution is -2.35. The highest BCUT2D eigenvalue weighted by Crippen LogP contribution is 2.51. The number of rotatable bonds is 2. The zero-order valence-corrected chi connectivity index (χ0v) is 7.76. The Morgan fingerprint density at radius 1 is 0.750 bits per heavy atom. The van der Waals surface area contributed by atoms with Crippen LogP contribution < -0.4 is 5.32 Å². The monoisotopic (exact) mass is 165 g/mol. The number of hydrogen-bond donors (Lipinski definition) is 1. The van der Waals surface area contributed by atoms with Crippen molar-refractivity contribution in [3.63, 3.8) is 0 Å².